The molecule has 4 heteroatoms. The Morgan fingerprint density at radius 1 is 1.50 bits per heavy atom. The molecule has 1 saturated carbocycles. The van der Waals surface area contributed by atoms with E-state index in [1.165, 1.54) is 12.1 Å². The van der Waals surface area contributed by atoms with Gasteiger partial charge in [0.15, 0.2) is 0 Å². The SMILES string of the molecule is Nc1cc(O)ccc1NC(=O)C1CC1. The van der Waals surface area contributed by atoms with Gasteiger partial charge in [0.25, 0.3) is 0 Å². The van der Waals surface area contributed by atoms with Crippen molar-refractivity contribution in [1.29, 1.82) is 0 Å². The minimum absolute atomic E-state index is 0.0161. The first-order valence-corrected chi connectivity index (χ1v) is 4.56. The molecule has 1 aliphatic rings. The Hall–Kier alpha value is -1.71. The van der Waals surface area contributed by atoms with E-state index in [9.17, 15) is 4.79 Å². The van der Waals surface area contributed by atoms with Crippen LogP contribution >= 0.6 is 0 Å². The highest BCUT2D eigenvalue weighted by molar-refractivity contribution is 5.96. The fourth-order valence-corrected chi connectivity index (χ4v) is 1.24. The Kier molecular flexibility index (Phi) is 2.04. The number of hydrogen-bond acceptors (Lipinski definition) is 3. The maximum absolute atomic E-state index is 11.4. The van der Waals surface area contributed by atoms with Crippen molar-refractivity contribution in [3.63, 3.8) is 0 Å². The molecular formula is C10H12N2O2. The van der Waals surface area contributed by atoms with Gasteiger partial charge in [0.05, 0.1) is 11.4 Å². The lowest BCUT2D eigenvalue weighted by atomic mass is 10.2. The summed E-state index contributed by atoms with van der Waals surface area (Å²) in [6, 6.07) is 4.52. The normalized spacial score (nSPS) is 15.1. The van der Waals surface area contributed by atoms with Crippen molar-refractivity contribution in [2.75, 3.05) is 11.1 Å². The highest BCUT2D eigenvalue weighted by Crippen LogP contribution is 2.31. The van der Waals surface area contributed by atoms with E-state index in [1.54, 1.807) is 6.07 Å². The second-order valence-electron chi connectivity index (χ2n) is 3.54. The van der Waals surface area contributed by atoms with Crippen LogP contribution in [-0.2, 0) is 4.79 Å². The summed E-state index contributed by atoms with van der Waals surface area (Å²) in [7, 11) is 0. The Labute approximate surface area is 81.7 Å². The Balaban J connectivity index is 2.11. The maximum atomic E-state index is 11.4. The van der Waals surface area contributed by atoms with Gasteiger partial charge in [-0.15, -0.1) is 0 Å². The van der Waals surface area contributed by atoms with Gasteiger partial charge in [-0.25, -0.2) is 0 Å². The number of aromatic hydroxyl groups is 1. The van der Waals surface area contributed by atoms with Crippen LogP contribution in [-0.4, -0.2) is 11.0 Å². The van der Waals surface area contributed by atoms with Crippen LogP contribution in [0.5, 0.6) is 5.75 Å². The van der Waals surface area contributed by atoms with Gasteiger partial charge >= 0.3 is 0 Å². The fraction of sp³-hybridized carbons (Fsp3) is 0.300. The standard InChI is InChI=1S/C10H12N2O2/c11-8-5-7(13)3-4-9(8)12-10(14)6-1-2-6/h3-6,13H,1-2,11H2,(H,12,14). The van der Waals surface area contributed by atoms with E-state index < -0.39 is 0 Å². The van der Waals surface area contributed by atoms with Crippen LogP contribution in [0.2, 0.25) is 0 Å². The lowest BCUT2D eigenvalue weighted by Gasteiger charge is -2.07. The van der Waals surface area contributed by atoms with Crippen molar-refractivity contribution in [3.8, 4) is 5.75 Å². The van der Waals surface area contributed by atoms with Crippen LogP contribution in [0.25, 0.3) is 0 Å². The van der Waals surface area contributed by atoms with E-state index in [0.29, 0.717) is 11.4 Å². The predicted molar refractivity (Wildman–Crippen MR) is 53.9 cm³/mol. The van der Waals surface area contributed by atoms with Gasteiger partial charge in [0, 0.05) is 12.0 Å². The van der Waals surface area contributed by atoms with Crippen molar-refractivity contribution in [2.24, 2.45) is 5.92 Å². The van der Waals surface area contributed by atoms with Crippen molar-refractivity contribution in [3.05, 3.63) is 18.2 Å². The average molecular weight is 192 g/mol. The number of nitrogens with one attached hydrogen (secondary N) is 1. The van der Waals surface area contributed by atoms with Gasteiger partial charge in [-0.05, 0) is 25.0 Å². The van der Waals surface area contributed by atoms with Crippen molar-refractivity contribution >= 4 is 17.3 Å². The Morgan fingerprint density at radius 3 is 2.79 bits per heavy atom. The lowest BCUT2D eigenvalue weighted by molar-refractivity contribution is -0.117. The molecule has 1 aromatic rings. The van der Waals surface area contributed by atoms with E-state index in [1.807, 2.05) is 0 Å². The summed E-state index contributed by atoms with van der Waals surface area (Å²) in [6.07, 6.45) is 1.92. The van der Waals surface area contributed by atoms with Crippen LogP contribution in [0, 0.1) is 5.92 Å². The minimum Gasteiger partial charge on any atom is -0.508 e. The number of carbonyl (C=O) groups excluding carboxylic acids is 1. The minimum atomic E-state index is 0.0161. The number of nitrogens with two attached hydrogens (primary N) is 1. The predicted octanol–water partition coefficient (Wildman–Crippen LogP) is 1.32. The average Bonchev–Trinajstić information content (AvgIpc) is 2.92. The molecule has 0 saturated heterocycles. The zero-order chi connectivity index (χ0) is 10.1. The van der Waals surface area contributed by atoms with Crippen molar-refractivity contribution in [1.82, 2.24) is 0 Å². The van der Waals surface area contributed by atoms with Gasteiger partial charge in [-0.2, -0.15) is 0 Å². The number of nitrogen functional groups attached to an aromatic ring is 1. The smallest absolute Gasteiger partial charge is 0.227 e. The zero-order valence-corrected chi connectivity index (χ0v) is 7.66. The number of amides is 1. The largest absolute Gasteiger partial charge is 0.508 e. The highest BCUT2D eigenvalue weighted by atomic mass is 16.3. The molecule has 74 valence electrons. The van der Waals surface area contributed by atoms with Crippen LogP contribution in [0.3, 0.4) is 0 Å². The number of benzene rings is 1. The summed E-state index contributed by atoms with van der Waals surface area (Å²) in [4.78, 5) is 11.4. The summed E-state index contributed by atoms with van der Waals surface area (Å²) >= 11 is 0. The van der Waals surface area contributed by atoms with Crippen LogP contribution in [0.4, 0.5) is 11.4 Å². The molecule has 14 heavy (non-hydrogen) atoms. The van der Waals surface area contributed by atoms with Crippen LogP contribution in [0.15, 0.2) is 18.2 Å². The Morgan fingerprint density at radius 2 is 2.21 bits per heavy atom. The summed E-state index contributed by atoms with van der Waals surface area (Å²) in [5.41, 5.74) is 6.57. The molecular weight excluding hydrogens is 180 g/mol. The Bertz CT molecular complexity index is 372. The van der Waals surface area contributed by atoms with Gasteiger partial charge < -0.3 is 16.2 Å². The van der Waals surface area contributed by atoms with Crippen LogP contribution in [0.1, 0.15) is 12.8 Å². The molecule has 0 aliphatic heterocycles. The number of phenols is 1. The van der Waals surface area contributed by atoms with Crippen LogP contribution < -0.4 is 11.1 Å². The molecule has 0 unspecified atom stereocenters. The van der Waals surface area contributed by atoms with E-state index in [2.05, 4.69) is 5.32 Å². The number of anilines is 2. The number of phenolic OH excluding ortho intramolecular Hbond substituents is 1. The lowest BCUT2D eigenvalue weighted by Crippen LogP contribution is -2.14. The molecule has 2 rings (SSSR count). The van der Waals surface area contributed by atoms with E-state index in [0.717, 1.165) is 12.8 Å². The number of hydrogen-bond donors (Lipinski definition) is 3. The summed E-state index contributed by atoms with van der Waals surface area (Å²) < 4.78 is 0. The van der Waals surface area contributed by atoms with Crippen molar-refractivity contribution in [2.45, 2.75) is 12.8 Å². The molecule has 1 aliphatic carbocycles. The number of rotatable bonds is 2. The summed E-state index contributed by atoms with van der Waals surface area (Å²) in [5.74, 6) is 0.275. The molecule has 0 heterocycles. The van der Waals surface area contributed by atoms with E-state index in [-0.39, 0.29) is 17.6 Å². The zero-order valence-electron chi connectivity index (χ0n) is 7.66. The molecule has 4 N–H and O–H groups in total. The molecule has 1 fully saturated rings. The highest BCUT2D eigenvalue weighted by Gasteiger charge is 2.29. The topological polar surface area (TPSA) is 75.3 Å². The first-order chi connectivity index (χ1) is 6.66. The molecule has 0 radical (unpaired) electrons. The van der Waals surface area contributed by atoms with E-state index >= 15 is 0 Å². The summed E-state index contributed by atoms with van der Waals surface area (Å²) in [5, 5.41) is 11.8. The number of carbonyl (C=O) groups is 1. The molecule has 1 aromatic carbocycles. The second kappa shape index (κ2) is 3.21. The molecule has 4 nitrogen and oxygen atoms in total. The molecule has 1 amide bonds. The summed E-state index contributed by atoms with van der Waals surface area (Å²) in [6.45, 7) is 0. The first kappa shape index (κ1) is 8.87. The third kappa shape index (κ3) is 1.79. The van der Waals surface area contributed by atoms with E-state index in [4.69, 9.17) is 10.8 Å². The maximum Gasteiger partial charge on any atom is 0.227 e. The third-order valence-corrected chi connectivity index (χ3v) is 2.24. The monoisotopic (exact) mass is 192 g/mol. The van der Waals surface area contributed by atoms with Crippen molar-refractivity contribution < 1.29 is 9.90 Å². The first-order valence-electron chi connectivity index (χ1n) is 4.56. The van der Waals surface area contributed by atoms with Gasteiger partial charge in [-0.1, -0.05) is 0 Å². The second-order valence-corrected chi connectivity index (χ2v) is 3.54. The molecule has 0 aromatic heterocycles. The fourth-order valence-electron chi connectivity index (χ4n) is 1.24. The third-order valence-electron chi connectivity index (χ3n) is 2.24. The quantitative estimate of drug-likeness (QED) is 0.488. The molecule has 0 atom stereocenters. The van der Waals surface area contributed by atoms with Gasteiger partial charge in [-0.3, -0.25) is 4.79 Å². The molecule has 0 bridgehead atoms. The van der Waals surface area contributed by atoms with Gasteiger partial charge in [0.2, 0.25) is 5.91 Å². The molecule has 0 spiro atoms. The van der Waals surface area contributed by atoms with Gasteiger partial charge in [0.1, 0.15) is 5.75 Å².